The molecule has 3 heterocycles. The van der Waals surface area contributed by atoms with Crippen LogP contribution in [0, 0.1) is 0 Å². The van der Waals surface area contributed by atoms with Gasteiger partial charge in [0.2, 0.25) is 5.91 Å². The summed E-state index contributed by atoms with van der Waals surface area (Å²) < 4.78 is 0. The number of allylic oxidation sites excluding steroid dienone is 1. The van der Waals surface area contributed by atoms with Gasteiger partial charge in [0.05, 0.1) is 6.21 Å². The molecule has 1 aromatic heterocycles. The quantitative estimate of drug-likeness (QED) is 0.847. The van der Waals surface area contributed by atoms with Crippen LogP contribution in [0.5, 0.6) is 0 Å². The molecule has 0 aromatic carbocycles. The Labute approximate surface area is 160 Å². The van der Waals surface area contributed by atoms with Crippen LogP contribution in [0.1, 0.15) is 56.3 Å². The summed E-state index contributed by atoms with van der Waals surface area (Å²) in [7, 11) is 1.85. The van der Waals surface area contributed by atoms with Gasteiger partial charge in [-0.3, -0.25) is 14.8 Å². The summed E-state index contributed by atoms with van der Waals surface area (Å²) in [5.74, 6) is 1.18. The highest BCUT2D eigenvalue weighted by Gasteiger charge is 2.42. The highest BCUT2D eigenvalue weighted by Crippen LogP contribution is 2.36. The molecule has 2 aliphatic heterocycles. The maximum atomic E-state index is 13.0. The normalized spacial score (nSPS) is 25.8. The third-order valence-electron chi connectivity index (χ3n) is 5.99. The largest absolute Gasteiger partial charge is 0.345 e. The lowest BCUT2D eigenvalue weighted by atomic mass is 10.0. The minimum atomic E-state index is -0.215. The van der Waals surface area contributed by atoms with Gasteiger partial charge in [-0.1, -0.05) is 19.8 Å². The summed E-state index contributed by atoms with van der Waals surface area (Å²) >= 11 is 0. The third-order valence-corrected chi connectivity index (χ3v) is 5.99. The van der Waals surface area contributed by atoms with E-state index in [9.17, 15) is 4.79 Å². The number of aromatic nitrogens is 1. The summed E-state index contributed by atoms with van der Waals surface area (Å²) in [5.41, 5.74) is 8.78. The molecule has 27 heavy (non-hydrogen) atoms. The number of carbonyl (C=O) groups excluding carboxylic acids is 1. The van der Waals surface area contributed by atoms with Gasteiger partial charge in [-0.15, -0.1) is 0 Å². The lowest BCUT2D eigenvalue weighted by Gasteiger charge is -2.47. The molecule has 3 N–H and O–H groups in total. The van der Waals surface area contributed by atoms with Crippen molar-refractivity contribution < 1.29 is 4.79 Å². The average Bonchev–Trinajstić information content (AvgIpc) is 3.24. The molecule has 144 valence electrons. The van der Waals surface area contributed by atoms with Crippen molar-refractivity contribution in [2.45, 2.75) is 63.8 Å². The fraction of sp³-hybridized carbons (Fsp3) is 0.550. The van der Waals surface area contributed by atoms with Crippen LogP contribution in [0.2, 0.25) is 0 Å². The van der Waals surface area contributed by atoms with Crippen LogP contribution >= 0.6 is 0 Å². The minimum absolute atomic E-state index is 0.122. The number of likely N-dealkylation sites (N-methyl/N-ethyl adjacent to an activating group) is 1. The first-order valence-electron chi connectivity index (χ1n) is 9.88. The van der Waals surface area contributed by atoms with Crippen molar-refractivity contribution in [1.82, 2.24) is 20.1 Å². The van der Waals surface area contributed by atoms with Crippen molar-refractivity contribution in [3.63, 3.8) is 0 Å². The maximum Gasteiger partial charge on any atom is 0.249 e. The lowest BCUT2D eigenvalue weighted by Crippen LogP contribution is -2.58. The third kappa shape index (κ3) is 3.00. The Morgan fingerprint density at radius 3 is 2.81 bits per heavy atom. The van der Waals surface area contributed by atoms with E-state index in [1.165, 1.54) is 12.8 Å². The van der Waals surface area contributed by atoms with E-state index in [4.69, 9.17) is 10.7 Å². The van der Waals surface area contributed by atoms with Crippen molar-refractivity contribution in [1.29, 1.82) is 0 Å². The molecular formula is C20H28N6O. The molecule has 1 aromatic rings. The zero-order chi connectivity index (χ0) is 19.0. The van der Waals surface area contributed by atoms with Crippen LogP contribution in [0.3, 0.4) is 0 Å². The molecule has 2 atom stereocenters. The molecule has 3 aliphatic rings. The standard InChI is InChI=1S/C20H28N6O/c1-3-16-20(27)25(2)17-12-23-18(15-8-9-22-11-13(15)10-21)24-19(17)26(16)14-6-4-5-7-14/h8-9,11-12,14,16,18,24H,3-7,10,21H2,1-2H3. The van der Waals surface area contributed by atoms with Gasteiger partial charge < -0.3 is 20.9 Å². The van der Waals surface area contributed by atoms with Gasteiger partial charge in [0.15, 0.2) is 0 Å². The summed E-state index contributed by atoms with van der Waals surface area (Å²) in [6, 6.07) is 2.25. The van der Waals surface area contributed by atoms with E-state index >= 15 is 0 Å². The monoisotopic (exact) mass is 368 g/mol. The minimum Gasteiger partial charge on any atom is -0.345 e. The molecule has 0 bridgehead atoms. The molecule has 1 saturated carbocycles. The zero-order valence-electron chi connectivity index (χ0n) is 16.1. The predicted molar refractivity (Wildman–Crippen MR) is 104 cm³/mol. The molecule has 4 rings (SSSR count). The van der Waals surface area contributed by atoms with Gasteiger partial charge in [-0.2, -0.15) is 0 Å². The van der Waals surface area contributed by atoms with E-state index in [-0.39, 0.29) is 18.1 Å². The second-order valence-corrected chi connectivity index (χ2v) is 7.50. The molecule has 1 amide bonds. The second-order valence-electron chi connectivity index (χ2n) is 7.50. The van der Waals surface area contributed by atoms with Crippen LogP contribution in [-0.2, 0) is 11.3 Å². The first kappa shape index (κ1) is 18.0. The van der Waals surface area contributed by atoms with Crippen molar-refractivity contribution >= 4 is 12.1 Å². The van der Waals surface area contributed by atoms with Gasteiger partial charge in [0, 0.05) is 37.6 Å². The molecule has 1 aliphatic carbocycles. The number of aliphatic imine (C=N–C) groups is 1. The number of hydrogen-bond acceptors (Lipinski definition) is 6. The van der Waals surface area contributed by atoms with Crippen LogP contribution < -0.4 is 11.1 Å². The number of nitrogens with zero attached hydrogens (tertiary/aromatic N) is 4. The fourth-order valence-electron chi connectivity index (χ4n) is 4.54. The highest BCUT2D eigenvalue weighted by atomic mass is 16.2. The van der Waals surface area contributed by atoms with Gasteiger partial charge in [0.25, 0.3) is 0 Å². The molecule has 0 radical (unpaired) electrons. The van der Waals surface area contributed by atoms with E-state index in [0.717, 1.165) is 41.9 Å². The topological polar surface area (TPSA) is 86.8 Å². The number of carbonyl (C=O) groups is 1. The first-order valence-corrected chi connectivity index (χ1v) is 9.88. The number of hydrogen-bond donors (Lipinski definition) is 2. The highest BCUT2D eigenvalue weighted by molar-refractivity contribution is 5.93. The van der Waals surface area contributed by atoms with E-state index in [1.807, 2.05) is 19.3 Å². The van der Waals surface area contributed by atoms with E-state index < -0.39 is 0 Å². The SMILES string of the molecule is CCC1C(=O)N(C)C2=C(NC(c3ccncc3CN)N=C2)N1C1CCCC1. The van der Waals surface area contributed by atoms with Crippen LogP contribution in [0.15, 0.2) is 35.0 Å². The lowest BCUT2D eigenvalue weighted by molar-refractivity contribution is -0.136. The maximum absolute atomic E-state index is 13.0. The smallest absolute Gasteiger partial charge is 0.249 e. The van der Waals surface area contributed by atoms with Crippen molar-refractivity contribution in [3.8, 4) is 0 Å². The number of nitrogens with two attached hydrogens (primary N) is 1. The first-order chi connectivity index (χ1) is 13.2. The zero-order valence-corrected chi connectivity index (χ0v) is 16.1. The average molecular weight is 368 g/mol. The second kappa shape index (κ2) is 7.31. The number of nitrogens with one attached hydrogen (secondary N) is 1. The summed E-state index contributed by atoms with van der Waals surface area (Å²) in [5, 5.41) is 3.62. The number of rotatable bonds is 4. The van der Waals surface area contributed by atoms with Crippen molar-refractivity contribution in [2.75, 3.05) is 7.05 Å². The van der Waals surface area contributed by atoms with Crippen molar-refractivity contribution in [2.24, 2.45) is 10.7 Å². The Morgan fingerprint density at radius 1 is 1.33 bits per heavy atom. The van der Waals surface area contributed by atoms with E-state index in [0.29, 0.717) is 12.6 Å². The van der Waals surface area contributed by atoms with Gasteiger partial charge >= 0.3 is 0 Å². The Morgan fingerprint density at radius 2 is 2.11 bits per heavy atom. The predicted octanol–water partition coefficient (Wildman–Crippen LogP) is 1.88. The van der Waals surface area contributed by atoms with Crippen LogP contribution in [0.4, 0.5) is 0 Å². The molecule has 1 fully saturated rings. The van der Waals surface area contributed by atoms with E-state index in [1.54, 1.807) is 17.3 Å². The van der Waals surface area contributed by atoms with Gasteiger partial charge in [-0.25, -0.2) is 0 Å². The number of pyridine rings is 1. The number of amides is 1. The summed E-state index contributed by atoms with van der Waals surface area (Å²) in [6.07, 6.45) is 10.7. The Kier molecular flexibility index (Phi) is 4.86. The van der Waals surface area contributed by atoms with Crippen LogP contribution in [-0.4, -0.2) is 46.0 Å². The fourth-order valence-corrected chi connectivity index (χ4v) is 4.54. The Bertz CT molecular complexity index is 782. The summed E-state index contributed by atoms with van der Waals surface area (Å²) in [6.45, 7) is 2.51. The summed E-state index contributed by atoms with van der Waals surface area (Å²) in [4.78, 5) is 25.9. The molecule has 0 saturated heterocycles. The Hall–Kier alpha value is -2.41. The molecular weight excluding hydrogens is 340 g/mol. The molecule has 0 spiro atoms. The Balaban J connectivity index is 1.73. The van der Waals surface area contributed by atoms with Crippen LogP contribution in [0.25, 0.3) is 0 Å². The molecule has 2 unspecified atom stereocenters. The van der Waals surface area contributed by atoms with Crippen molar-refractivity contribution in [3.05, 3.63) is 41.1 Å². The van der Waals surface area contributed by atoms with Gasteiger partial charge in [-0.05, 0) is 30.9 Å². The van der Waals surface area contributed by atoms with Gasteiger partial charge in [0.1, 0.15) is 23.7 Å². The molecule has 7 nitrogen and oxygen atoms in total. The van der Waals surface area contributed by atoms with E-state index in [2.05, 4.69) is 22.1 Å². The molecule has 7 heteroatoms.